The van der Waals surface area contributed by atoms with Crippen molar-refractivity contribution >= 4 is 33.0 Å². The smallest absolute Gasteiger partial charge is 0.256 e. The Balaban J connectivity index is 2.19. The molecule has 0 saturated carbocycles. The highest BCUT2D eigenvalue weighted by Crippen LogP contribution is 2.24. The van der Waals surface area contributed by atoms with Gasteiger partial charge in [-0.25, -0.2) is 8.42 Å². The van der Waals surface area contributed by atoms with E-state index in [2.05, 4.69) is 36.1 Å². The Morgan fingerprint density at radius 3 is 2.31 bits per heavy atom. The molecule has 0 bridgehead atoms. The number of hydrogen-bond acceptors (Lipinski definition) is 4. The minimum atomic E-state index is -3.34. The summed E-state index contributed by atoms with van der Waals surface area (Å²) in [5.74, 6) is 0.271. The lowest BCUT2D eigenvalue weighted by Crippen LogP contribution is -2.23. The van der Waals surface area contributed by atoms with Crippen LogP contribution in [0.25, 0.3) is 0 Å². The Morgan fingerprint density at radius 1 is 1.03 bits per heavy atom. The summed E-state index contributed by atoms with van der Waals surface area (Å²) in [6.45, 7) is 11.7. The summed E-state index contributed by atoms with van der Waals surface area (Å²) in [4.78, 5) is 12.8. The van der Waals surface area contributed by atoms with Crippen LogP contribution < -0.4 is 15.4 Å². The van der Waals surface area contributed by atoms with Crippen molar-refractivity contribution in [3.8, 4) is 0 Å². The normalized spacial score (nSPS) is 12.5. The van der Waals surface area contributed by atoms with Crippen molar-refractivity contribution in [1.29, 1.82) is 0 Å². The van der Waals surface area contributed by atoms with Gasteiger partial charge in [0.1, 0.15) is 0 Å². The van der Waals surface area contributed by atoms with E-state index in [1.54, 1.807) is 38.1 Å². The Kier molecular flexibility index (Phi) is 7.30. The van der Waals surface area contributed by atoms with Gasteiger partial charge in [-0.1, -0.05) is 19.9 Å². The van der Waals surface area contributed by atoms with Gasteiger partial charge in [0.05, 0.1) is 11.4 Å². The van der Waals surface area contributed by atoms with Crippen LogP contribution in [0, 0.1) is 19.8 Å². The van der Waals surface area contributed by atoms with Gasteiger partial charge in [-0.3, -0.25) is 9.52 Å². The van der Waals surface area contributed by atoms with Crippen molar-refractivity contribution in [2.75, 3.05) is 21.1 Å². The number of hydrogen-bond donors (Lipinski definition) is 3. The van der Waals surface area contributed by atoms with Gasteiger partial charge in [0, 0.05) is 23.0 Å². The Bertz CT molecular complexity index is 985. The van der Waals surface area contributed by atoms with E-state index < -0.39 is 10.0 Å². The number of amides is 1. The largest absolute Gasteiger partial charge is 0.382 e. The molecule has 0 aromatic heterocycles. The van der Waals surface area contributed by atoms with E-state index in [0.717, 1.165) is 16.8 Å². The number of sulfonamides is 1. The van der Waals surface area contributed by atoms with Crippen molar-refractivity contribution in [2.45, 2.75) is 47.6 Å². The predicted octanol–water partition coefficient (Wildman–Crippen LogP) is 4.77. The van der Waals surface area contributed by atoms with Crippen LogP contribution in [0.3, 0.4) is 0 Å². The molecule has 29 heavy (non-hydrogen) atoms. The molecule has 2 aromatic carbocycles. The van der Waals surface area contributed by atoms with Gasteiger partial charge in [0.2, 0.25) is 10.0 Å². The molecule has 0 aliphatic heterocycles. The second-order valence-electron chi connectivity index (χ2n) is 7.64. The lowest BCUT2D eigenvalue weighted by atomic mass is 10.0. The lowest BCUT2D eigenvalue weighted by Gasteiger charge is -2.21. The zero-order valence-corrected chi connectivity index (χ0v) is 18.8. The summed E-state index contributed by atoms with van der Waals surface area (Å²) in [6, 6.07) is 11.0. The van der Waals surface area contributed by atoms with E-state index in [1.807, 2.05) is 19.1 Å². The van der Waals surface area contributed by atoms with Crippen molar-refractivity contribution in [1.82, 2.24) is 0 Å². The Labute approximate surface area is 174 Å². The van der Waals surface area contributed by atoms with Gasteiger partial charge in [0.25, 0.3) is 5.91 Å². The highest BCUT2D eigenvalue weighted by molar-refractivity contribution is 7.92. The van der Waals surface area contributed by atoms with E-state index in [-0.39, 0.29) is 17.7 Å². The van der Waals surface area contributed by atoms with Crippen LogP contribution in [0.2, 0.25) is 0 Å². The molecule has 2 rings (SSSR count). The minimum absolute atomic E-state index is 0.00397. The molecule has 3 N–H and O–H groups in total. The summed E-state index contributed by atoms with van der Waals surface area (Å²) in [6.07, 6.45) is 0. The summed E-state index contributed by atoms with van der Waals surface area (Å²) in [5, 5.41) is 6.37. The molecular formula is C22H31N3O3S. The number of aryl methyl sites for hydroxylation is 1. The number of rotatable bonds is 8. The molecular weight excluding hydrogens is 386 g/mol. The number of anilines is 3. The van der Waals surface area contributed by atoms with Gasteiger partial charge < -0.3 is 10.6 Å². The molecule has 0 aliphatic carbocycles. The van der Waals surface area contributed by atoms with E-state index in [1.165, 1.54) is 0 Å². The van der Waals surface area contributed by atoms with Crippen LogP contribution in [0.15, 0.2) is 36.4 Å². The molecule has 0 heterocycles. The summed E-state index contributed by atoms with van der Waals surface area (Å²) in [5.41, 5.74) is 4.29. The molecule has 0 saturated heterocycles. The zero-order valence-electron chi connectivity index (χ0n) is 18.0. The average molecular weight is 418 g/mol. The topological polar surface area (TPSA) is 87.3 Å². The third kappa shape index (κ3) is 5.97. The monoisotopic (exact) mass is 417 g/mol. The van der Waals surface area contributed by atoms with Crippen molar-refractivity contribution in [2.24, 2.45) is 5.92 Å². The highest BCUT2D eigenvalue weighted by Gasteiger charge is 2.15. The number of nitrogens with one attached hydrogen (secondary N) is 3. The Morgan fingerprint density at radius 2 is 1.72 bits per heavy atom. The highest BCUT2D eigenvalue weighted by atomic mass is 32.2. The van der Waals surface area contributed by atoms with Crippen molar-refractivity contribution in [3.63, 3.8) is 0 Å². The third-order valence-electron chi connectivity index (χ3n) is 5.09. The van der Waals surface area contributed by atoms with Gasteiger partial charge >= 0.3 is 0 Å². The first-order valence-electron chi connectivity index (χ1n) is 9.82. The van der Waals surface area contributed by atoms with Crippen molar-refractivity contribution in [3.05, 3.63) is 53.1 Å². The molecule has 1 unspecified atom stereocenters. The first-order chi connectivity index (χ1) is 13.5. The molecule has 158 valence electrons. The quantitative estimate of drug-likeness (QED) is 0.577. The van der Waals surface area contributed by atoms with Gasteiger partial charge in [-0.15, -0.1) is 0 Å². The fourth-order valence-corrected chi connectivity index (χ4v) is 3.45. The summed E-state index contributed by atoms with van der Waals surface area (Å²) >= 11 is 0. The standard InChI is InChI=1S/C22H31N3O3S/c1-7-29(27,28)25-20-12-11-18(13-15(20)4)24-22(26)19-9-8-10-21(16(19)5)23-17(6)14(2)3/h8-14,17,23,25H,7H2,1-6H3,(H,24,26). The molecule has 0 fully saturated rings. The minimum Gasteiger partial charge on any atom is -0.382 e. The molecule has 0 aliphatic rings. The zero-order chi connectivity index (χ0) is 21.8. The molecule has 6 nitrogen and oxygen atoms in total. The maximum Gasteiger partial charge on any atom is 0.256 e. The number of carbonyl (C=O) groups is 1. The SMILES string of the molecule is CCS(=O)(=O)Nc1ccc(NC(=O)c2cccc(NC(C)C(C)C)c2C)cc1C. The molecule has 0 radical (unpaired) electrons. The van der Waals surface area contributed by atoms with Crippen molar-refractivity contribution < 1.29 is 13.2 Å². The molecule has 7 heteroatoms. The van der Waals surface area contributed by atoms with Crippen LogP contribution in [-0.2, 0) is 10.0 Å². The van der Waals surface area contributed by atoms with Gasteiger partial charge in [-0.2, -0.15) is 0 Å². The van der Waals surface area contributed by atoms with E-state index in [4.69, 9.17) is 0 Å². The maximum absolute atomic E-state index is 12.8. The average Bonchev–Trinajstić information content (AvgIpc) is 2.65. The van der Waals surface area contributed by atoms with Crippen LogP contribution in [-0.4, -0.2) is 26.1 Å². The van der Waals surface area contributed by atoms with Gasteiger partial charge in [0.15, 0.2) is 0 Å². The van der Waals surface area contributed by atoms with Crippen LogP contribution >= 0.6 is 0 Å². The first-order valence-corrected chi connectivity index (χ1v) is 11.5. The van der Waals surface area contributed by atoms with Gasteiger partial charge in [-0.05, 0) is 75.1 Å². The summed E-state index contributed by atoms with van der Waals surface area (Å²) in [7, 11) is -3.34. The molecule has 2 aromatic rings. The third-order valence-corrected chi connectivity index (χ3v) is 6.38. The molecule has 1 atom stereocenters. The Hall–Kier alpha value is -2.54. The second kappa shape index (κ2) is 9.31. The second-order valence-corrected chi connectivity index (χ2v) is 9.66. The maximum atomic E-state index is 12.8. The van der Waals surface area contributed by atoms with Crippen LogP contribution in [0.5, 0.6) is 0 Å². The molecule has 0 spiro atoms. The first kappa shape index (κ1) is 22.7. The van der Waals surface area contributed by atoms with E-state index in [9.17, 15) is 13.2 Å². The number of carbonyl (C=O) groups excluding carboxylic acids is 1. The fraction of sp³-hybridized carbons (Fsp3) is 0.409. The lowest BCUT2D eigenvalue weighted by molar-refractivity contribution is 0.102. The van der Waals surface area contributed by atoms with Crippen LogP contribution in [0.1, 0.15) is 49.2 Å². The fourth-order valence-electron chi connectivity index (χ4n) is 2.74. The molecule has 1 amide bonds. The predicted molar refractivity (Wildman–Crippen MR) is 121 cm³/mol. The van der Waals surface area contributed by atoms with Crippen LogP contribution in [0.4, 0.5) is 17.1 Å². The van der Waals surface area contributed by atoms with E-state index in [0.29, 0.717) is 22.9 Å². The summed E-state index contributed by atoms with van der Waals surface area (Å²) < 4.78 is 26.1. The van der Waals surface area contributed by atoms with E-state index >= 15 is 0 Å². The number of benzene rings is 2.